The average molecular weight is 336 g/mol. The normalized spacial score (nSPS) is 11.7. The van der Waals surface area contributed by atoms with Gasteiger partial charge in [0, 0.05) is 25.7 Å². The van der Waals surface area contributed by atoms with E-state index in [0.29, 0.717) is 5.82 Å². The molecule has 0 bridgehead atoms. The van der Waals surface area contributed by atoms with Crippen LogP contribution in [0.25, 0.3) is 0 Å². The molecule has 2 aromatic heterocycles. The van der Waals surface area contributed by atoms with Crippen molar-refractivity contribution in [2.75, 3.05) is 5.32 Å². The third kappa shape index (κ3) is 3.59. The average Bonchev–Trinajstić information content (AvgIpc) is 2.93. The van der Waals surface area contributed by atoms with E-state index in [0.717, 1.165) is 4.68 Å². The molecule has 0 aliphatic rings. The molecule has 0 atom stereocenters. The molecular formula is C12H13ClF3N5O. The minimum atomic E-state index is -4.62. The lowest BCUT2D eigenvalue weighted by atomic mass is 10.3. The van der Waals surface area contributed by atoms with Crippen LogP contribution in [-0.2, 0) is 24.6 Å². The van der Waals surface area contributed by atoms with Gasteiger partial charge in [0.15, 0.2) is 11.5 Å². The van der Waals surface area contributed by atoms with Crippen molar-refractivity contribution >= 4 is 23.3 Å². The van der Waals surface area contributed by atoms with E-state index < -0.39 is 16.9 Å². The van der Waals surface area contributed by atoms with Gasteiger partial charge in [-0.25, -0.2) is 0 Å². The van der Waals surface area contributed by atoms with E-state index in [9.17, 15) is 18.0 Å². The van der Waals surface area contributed by atoms with Gasteiger partial charge in [-0.2, -0.15) is 23.4 Å². The van der Waals surface area contributed by atoms with Gasteiger partial charge in [-0.1, -0.05) is 11.6 Å². The summed E-state index contributed by atoms with van der Waals surface area (Å²) in [4.78, 5) is 11.7. The van der Waals surface area contributed by atoms with E-state index in [2.05, 4.69) is 15.5 Å². The highest BCUT2D eigenvalue weighted by Gasteiger charge is 2.38. The highest BCUT2D eigenvalue weighted by Crippen LogP contribution is 2.35. The molecule has 0 spiro atoms. The van der Waals surface area contributed by atoms with E-state index in [1.807, 2.05) is 0 Å². The zero-order chi connectivity index (χ0) is 16.5. The van der Waals surface area contributed by atoms with Crippen molar-refractivity contribution in [1.29, 1.82) is 0 Å². The first-order valence-electron chi connectivity index (χ1n) is 6.28. The van der Waals surface area contributed by atoms with Crippen LogP contribution in [0.4, 0.5) is 19.0 Å². The highest BCUT2D eigenvalue weighted by atomic mass is 35.5. The Kier molecular flexibility index (Phi) is 4.45. The fraction of sp³-hybridized carbons (Fsp3) is 0.417. The maximum absolute atomic E-state index is 12.7. The van der Waals surface area contributed by atoms with Crippen molar-refractivity contribution in [3.63, 3.8) is 0 Å². The number of hydrogen-bond donors (Lipinski definition) is 1. The Bertz CT molecular complexity index is 691. The molecule has 22 heavy (non-hydrogen) atoms. The van der Waals surface area contributed by atoms with Crippen molar-refractivity contribution in [3.8, 4) is 0 Å². The molecule has 0 fully saturated rings. The summed E-state index contributed by atoms with van der Waals surface area (Å²) in [5, 5.41) is 9.48. The number of nitrogens with zero attached hydrogens (tertiary/aromatic N) is 4. The first-order chi connectivity index (χ1) is 10.2. The van der Waals surface area contributed by atoms with Crippen molar-refractivity contribution < 1.29 is 18.0 Å². The molecule has 2 heterocycles. The van der Waals surface area contributed by atoms with Crippen LogP contribution in [0.15, 0.2) is 12.3 Å². The van der Waals surface area contributed by atoms with Gasteiger partial charge >= 0.3 is 6.18 Å². The van der Waals surface area contributed by atoms with Crippen LogP contribution < -0.4 is 5.32 Å². The maximum atomic E-state index is 12.7. The summed E-state index contributed by atoms with van der Waals surface area (Å²) in [6.45, 7) is 1.40. The largest absolute Gasteiger partial charge is 0.436 e. The lowest BCUT2D eigenvalue weighted by Crippen LogP contribution is -2.16. The van der Waals surface area contributed by atoms with Gasteiger partial charge in [0.05, 0.1) is 17.3 Å². The minimum Gasteiger partial charge on any atom is -0.309 e. The van der Waals surface area contributed by atoms with Gasteiger partial charge < -0.3 is 5.32 Å². The van der Waals surface area contributed by atoms with Crippen molar-refractivity contribution in [3.05, 3.63) is 28.7 Å². The molecule has 2 rings (SSSR count). The van der Waals surface area contributed by atoms with Crippen molar-refractivity contribution in [2.45, 2.75) is 26.1 Å². The fourth-order valence-corrected chi connectivity index (χ4v) is 2.06. The quantitative estimate of drug-likeness (QED) is 0.934. The van der Waals surface area contributed by atoms with Gasteiger partial charge in [0.2, 0.25) is 5.91 Å². The fourth-order valence-electron chi connectivity index (χ4n) is 1.82. The molecule has 2 aromatic rings. The summed E-state index contributed by atoms with van der Waals surface area (Å²) in [7, 11) is 1.70. The maximum Gasteiger partial charge on any atom is 0.436 e. The predicted octanol–water partition coefficient (Wildman–Crippen LogP) is 2.63. The molecule has 10 heteroatoms. The number of aryl methyl sites for hydroxylation is 2. The van der Waals surface area contributed by atoms with E-state index in [4.69, 9.17) is 11.6 Å². The first-order valence-corrected chi connectivity index (χ1v) is 6.66. The van der Waals surface area contributed by atoms with Gasteiger partial charge in [0.1, 0.15) is 0 Å². The first kappa shape index (κ1) is 16.3. The molecule has 0 aromatic carbocycles. The number of aromatic nitrogens is 4. The zero-order valence-corrected chi connectivity index (χ0v) is 12.5. The third-order valence-corrected chi connectivity index (χ3v) is 3.39. The Hall–Kier alpha value is -2.03. The number of hydrogen-bond acceptors (Lipinski definition) is 3. The minimum absolute atomic E-state index is 0.0136. The van der Waals surface area contributed by atoms with Gasteiger partial charge in [-0.3, -0.25) is 14.2 Å². The van der Waals surface area contributed by atoms with Crippen LogP contribution in [0.2, 0.25) is 5.02 Å². The zero-order valence-electron chi connectivity index (χ0n) is 11.8. The van der Waals surface area contributed by atoms with Crippen LogP contribution in [0.3, 0.4) is 0 Å². The number of amides is 1. The molecule has 6 nitrogen and oxygen atoms in total. The SMILES string of the molecule is Cc1c(Cl)c(C(F)(F)F)nn1CCC(=O)Nc1ccn(C)n1. The number of carbonyl (C=O) groups is 1. The Morgan fingerprint density at radius 3 is 2.59 bits per heavy atom. The van der Waals surface area contributed by atoms with E-state index in [1.165, 1.54) is 11.6 Å². The second kappa shape index (κ2) is 5.99. The molecule has 0 aliphatic heterocycles. The molecule has 0 radical (unpaired) electrons. The number of rotatable bonds is 4. The molecule has 1 amide bonds. The van der Waals surface area contributed by atoms with Crippen LogP contribution in [0.1, 0.15) is 17.8 Å². The summed E-state index contributed by atoms with van der Waals surface area (Å²) in [5.41, 5.74) is -0.976. The number of alkyl halides is 3. The highest BCUT2D eigenvalue weighted by molar-refractivity contribution is 6.31. The molecule has 1 N–H and O–H groups in total. The van der Waals surface area contributed by atoms with Crippen LogP contribution >= 0.6 is 11.6 Å². The molecule has 0 saturated heterocycles. The number of anilines is 1. The Morgan fingerprint density at radius 2 is 2.09 bits per heavy atom. The van der Waals surface area contributed by atoms with Crippen LogP contribution in [0, 0.1) is 6.92 Å². The summed E-state index contributed by atoms with van der Waals surface area (Å²) < 4.78 is 40.6. The Balaban J connectivity index is 2.01. The predicted molar refractivity (Wildman–Crippen MR) is 73.4 cm³/mol. The number of nitrogens with one attached hydrogen (secondary N) is 1. The molecule has 0 unspecified atom stereocenters. The molecule has 0 aliphatic carbocycles. The second-order valence-electron chi connectivity index (χ2n) is 4.64. The number of carbonyl (C=O) groups excluding carboxylic acids is 1. The summed E-state index contributed by atoms with van der Waals surface area (Å²) in [6, 6.07) is 1.61. The lowest BCUT2D eigenvalue weighted by molar-refractivity contribution is -0.141. The standard InChI is InChI=1S/C12H13ClF3N5O/c1-7-10(13)11(12(14,15)16)19-21(7)6-4-9(22)17-8-3-5-20(2)18-8/h3,5H,4,6H2,1-2H3,(H,17,18,22). The Labute approximate surface area is 128 Å². The van der Waals surface area contributed by atoms with Gasteiger partial charge in [0.25, 0.3) is 0 Å². The van der Waals surface area contributed by atoms with E-state index in [1.54, 1.807) is 19.3 Å². The topological polar surface area (TPSA) is 64.7 Å². The number of halogens is 4. The summed E-state index contributed by atoms with van der Waals surface area (Å²) >= 11 is 5.63. The smallest absolute Gasteiger partial charge is 0.309 e. The lowest BCUT2D eigenvalue weighted by Gasteiger charge is -2.05. The van der Waals surface area contributed by atoms with E-state index >= 15 is 0 Å². The van der Waals surface area contributed by atoms with Crippen molar-refractivity contribution in [1.82, 2.24) is 19.6 Å². The molecule has 0 saturated carbocycles. The third-order valence-electron chi connectivity index (χ3n) is 2.93. The monoisotopic (exact) mass is 335 g/mol. The van der Waals surface area contributed by atoms with Crippen LogP contribution in [-0.4, -0.2) is 25.5 Å². The van der Waals surface area contributed by atoms with E-state index in [-0.39, 0.29) is 24.6 Å². The molecular weight excluding hydrogens is 323 g/mol. The van der Waals surface area contributed by atoms with Gasteiger partial charge in [-0.05, 0) is 6.92 Å². The summed E-state index contributed by atoms with van der Waals surface area (Å²) in [5.74, 6) is -0.00280. The second-order valence-corrected chi connectivity index (χ2v) is 5.02. The molecule has 120 valence electrons. The van der Waals surface area contributed by atoms with Crippen molar-refractivity contribution in [2.24, 2.45) is 7.05 Å². The summed E-state index contributed by atoms with van der Waals surface area (Å²) in [6.07, 6.45) is -3.02. The van der Waals surface area contributed by atoms with Gasteiger partial charge in [-0.15, -0.1) is 0 Å². The van der Waals surface area contributed by atoms with Crippen LogP contribution in [0.5, 0.6) is 0 Å². The Morgan fingerprint density at radius 1 is 1.41 bits per heavy atom.